The highest BCUT2D eigenvalue weighted by Gasteiger charge is 2.41. The van der Waals surface area contributed by atoms with Gasteiger partial charge in [-0.3, -0.25) is 9.89 Å². The Balaban J connectivity index is 1.88. The van der Waals surface area contributed by atoms with Crippen molar-refractivity contribution < 1.29 is 17.9 Å². The fraction of sp³-hybridized carbons (Fsp3) is 0.611. The highest BCUT2D eigenvalue weighted by atomic mass is 19.4. The molecule has 1 heterocycles. The summed E-state index contributed by atoms with van der Waals surface area (Å²) in [5.41, 5.74) is 1.06. The summed E-state index contributed by atoms with van der Waals surface area (Å²) in [6.07, 6.45) is -4.32. The van der Waals surface area contributed by atoms with E-state index in [9.17, 15) is 13.2 Å². The number of aliphatic imine (C=N–C) groups is 1. The third-order valence-corrected chi connectivity index (χ3v) is 4.75. The Morgan fingerprint density at radius 2 is 1.81 bits per heavy atom. The number of rotatable bonds is 5. The van der Waals surface area contributed by atoms with Crippen LogP contribution in [0.3, 0.4) is 0 Å². The Kier molecular flexibility index (Phi) is 7.28. The summed E-state index contributed by atoms with van der Waals surface area (Å²) in [5, 5.41) is 3.27. The van der Waals surface area contributed by atoms with Crippen molar-refractivity contribution in [2.24, 2.45) is 4.99 Å². The minimum Gasteiger partial charge on any atom is -0.375 e. The van der Waals surface area contributed by atoms with Crippen LogP contribution in [0.4, 0.5) is 13.2 Å². The number of nitrogens with one attached hydrogen (secondary N) is 1. The van der Waals surface area contributed by atoms with E-state index in [1.54, 1.807) is 14.2 Å². The molecule has 0 aromatic heterocycles. The number of alkyl halides is 3. The quantitative estimate of drug-likeness (QED) is 0.637. The molecule has 0 spiro atoms. The van der Waals surface area contributed by atoms with E-state index in [1.807, 2.05) is 35.2 Å². The average molecular weight is 372 g/mol. The lowest BCUT2D eigenvalue weighted by atomic mass is 10.1. The second-order valence-corrected chi connectivity index (χ2v) is 6.30. The zero-order valence-corrected chi connectivity index (χ0v) is 15.5. The Labute approximate surface area is 152 Å². The molecule has 1 fully saturated rings. The first-order valence-corrected chi connectivity index (χ1v) is 8.71. The van der Waals surface area contributed by atoms with Crippen LogP contribution in [0.5, 0.6) is 0 Å². The Bertz CT molecular complexity index is 572. The minimum atomic E-state index is -4.19. The Hall–Kier alpha value is -1.80. The summed E-state index contributed by atoms with van der Waals surface area (Å²) in [6.45, 7) is 3.46. The van der Waals surface area contributed by atoms with Crippen molar-refractivity contribution in [2.75, 3.05) is 46.9 Å². The zero-order valence-electron chi connectivity index (χ0n) is 15.5. The van der Waals surface area contributed by atoms with E-state index in [4.69, 9.17) is 4.74 Å². The van der Waals surface area contributed by atoms with Gasteiger partial charge in [-0.25, -0.2) is 0 Å². The van der Waals surface area contributed by atoms with Crippen molar-refractivity contribution >= 4 is 5.96 Å². The maximum atomic E-state index is 12.9. The number of ether oxygens (including phenoxy) is 1. The number of methoxy groups -OCH3 is 1. The van der Waals surface area contributed by atoms with E-state index in [1.165, 1.54) is 11.8 Å². The SMILES string of the molecule is CN=C(NCC(OC)c1ccccc1)N1CCN(C(C)C(F)(F)F)CC1. The van der Waals surface area contributed by atoms with Crippen LogP contribution in [-0.2, 0) is 4.74 Å². The number of hydrogen-bond acceptors (Lipinski definition) is 3. The second-order valence-electron chi connectivity index (χ2n) is 6.30. The number of benzene rings is 1. The first-order chi connectivity index (χ1) is 12.4. The van der Waals surface area contributed by atoms with Gasteiger partial charge in [-0.05, 0) is 12.5 Å². The molecule has 8 heteroatoms. The van der Waals surface area contributed by atoms with Crippen LogP contribution in [0.15, 0.2) is 35.3 Å². The molecule has 1 aliphatic heterocycles. The van der Waals surface area contributed by atoms with E-state index in [2.05, 4.69) is 10.3 Å². The molecule has 1 aromatic carbocycles. The molecule has 0 radical (unpaired) electrons. The lowest BCUT2D eigenvalue weighted by Gasteiger charge is -2.39. The predicted molar refractivity (Wildman–Crippen MR) is 96.2 cm³/mol. The van der Waals surface area contributed by atoms with Crippen LogP contribution >= 0.6 is 0 Å². The summed E-state index contributed by atoms with van der Waals surface area (Å²) in [6, 6.07) is 8.43. The van der Waals surface area contributed by atoms with Crippen LogP contribution in [0.25, 0.3) is 0 Å². The first kappa shape index (κ1) is 20.5. The molecular formula is C18H27F3N4O. The van der Waals surface area contributed by atoms with Crippen LogP contribution in [0.1, 0.15) is 18.6 Å². The smallest absolute Gasteiger partial charge is 0.375 e. The van der Waals surface area contributed by atoms with Crippen molar-refractivity contribution in [3.05, 3.63) is 35.9 Å². The third-order valence-electron chi connectivity index (χ3n) is 4.75. The number of nitrogens with zero attached hydrogens (tertiary/aromatic N) is 3. The van der Waals surface area contributed by atoms with Gasteiger partial charge in [0, 0.05) is 46.9 Å². The molecule has 5 nitrogen and oxygen atoms in total. The molecule has 0 amide bonds. The fourth-order valence-electron chi connectivity index (χ4n) is 3.05. The van der Waals surface area contributed by atoms with Gasteiger partial charge >= 0.3 is 6.18 Å². The van der Waals surface area contributed by atoms with Crippen molar-refractivity contribution in [2.45, 2.75) is 25.2 Å². The van der Waals surface area contributed by atoms with E-state index in [-0.39, 0.29) is 6.10 Å². The van der Waals surface area contributed by atoms with Crippen molar-refractivity contribution in [1.29, 1.82) is 0 Å². The van der Waals surface area contributed by atoms with E-state index in [0.717, 1.165) is 5.56 Å². The number of halogens is 3. The van der Waals surface area contributed by atoms with Crippen LogP contribution in [0.2, 0.25) is 0 Å². The molecule has 0 saturated carbocycles. The monoisotopic (exact) mass is 372 g/mol. The van der Waals surface area contributed by atoms with Gasteiger partial charge in [-0.1, -0.05) is 30.3 Å². The summed E-state index contributed by atoms with van der Waals surface area (Å²) < 4.78 is 44.1. The van der Waals surface area contributed by atoms with Crippen LogP contribution < -0.4 is 5.32 Å². The molecule has 2 atom stereocenters. The topological polar surface area (TPSA) is 40.1 Å². The maximum absolute atomic E-state index is 12.9. The molecule has 0 bridgehead atoms. The standard InChI is InChI=1S/C18H27F3N4O/c1-14(18(19,20)21)24-9-11-25(12-10-24)17(22-2)23-13-16(26-3)15-7-5-4-6-8-15/h4-8,14,16H,9-13H2,1-3H3,(H,22,23). The summed E-state index contributed by atoms with van der Waals surface area (Å²) >= 11 is 0. The predicted octanol–water partition coefficient (Wildman–Crippen LogP) is 2.52. The lowest BCUT2D eigenvalue weighted by molar-refractivity contribution is -0.181. The normalized spacial score (nSPS) is 19.3. The highest BCUT2D eigenvalue weighted by Crippen LogP contribution is 2.25. The number of hydrogen-bond donors (Lipinski definition) is 1. The van der Waals surface area contributed by atoms with Crippen LogP contribution in [0, 0.1) is 0 Å². The van der Waals surface area contributed by atoms with E-state index >= 15 is 0 Å². The highest BCUT2D eigenvalue weighted by molar-refractivity contribution is 5.80. The first-order valence-electron chi connectivity index (χ1n) is 8.71. The largest absolute Gasteiger partial charge is 0.403 e. The fourth-order valence-corrected chi connectivity index (χ4v) is 3.05. The van der Waals surface area contributed by atoms with Crippen molar-refractivity contribution in [3.63, 3.8) is 0 Å². The van der Waals surface area contributed by atoms with Gasteiger partial charge in [0.25, 0.3) is 0 Å². The summed E-state index contributed by atoms with van der Waals surface area (Å²) in [4.78, 5) is 7.71. The molecule has 0 aliphatic carbocycles. The second kappa shape index (κ2) is 9.23. The van der Waals surface area contributed by atoms with Gasteiger partial charge in [0.1, 0.15) is 6.04 Å². The van der Waals surface area contributed by atoms with Gasteiger partial charge in [0.05, 0.1) is 6.10 Å². The molecule has 1 saturated heterocycles. The summed E-state index contributed by atoms with van der Waals surface area (Å²) in [7, 11) is 3.33. The van der Waals surface area contributed by atoms with E-state index < -0.39 is 12.2 Å². The maximum Gasteiger partial charge on any atom is 0.403 e. The van der Waals surface area contributed by atoms with Gasteiger partial charge in [-0.2, -0.15) is 13.2 Å². The number of piperazine rings is 1. The number of guanidine groups is 1. The molecule has 1 N–H and O–H groups in total. The molecule has 1 aliphatic rings. The Morgan fingerprint density at radius 3 is 2.31 bits per heavy atom. The minimum absolute atomic E-state index is 0.125. The average Bonchev–Trinajstić information content (AvgIpc) is 2.65. The Morgan fingerprint density at radius 1 is 1.19 bits per heavy atom. The molecule has 2 unspecified atom stereocenters. The molecular weight excluding hydrogens is 345 g/mol. The summed E-state index contributed by atoms with van der Waals surface area (Å²) in [5.74, 6) is 0.683. The molecule has 26 heavy (non-hydrogen) atoms. The van der Waals surface area contributed by atoms with Gasteiger partial charge in [0.15, 0.2) is 5.96 Å². The van der Waals surface area contributed by atoms with Gasteiger partial charge < -0.3 is 15.0 Å². The molecule has 1 aromatic rings. The van der Waals surface area contributed by atoms with Gasteiger partial charge in [-0.15, -0.1) is 0 Å². The van der Waals surface area contributed by atoms with E-state index in [0.29, 0.717) is 38.7 Å². The third kappa shape index (κ3) is 5.35. The molecule has 146 valence electrons. The lowest BCUT2D eigenvalue weighted by Crippen LogP contribution is -2.57. The van der Waals surface area contributed by atoms with Gasteiger partial charge in [0.2, 0.25) is 0 Å². The van der Waals surface area contributed by atoms with Crippen molar-refractivity contribution in [1.82, 2.24) is 15.1 Å². The molecule has 2 rings (SSSR count). The zero-order chi connectivity index (χ0) is 19.2. The van der Waals surface area contributed by atoms with Crippen molar-refractivity contribution in [3.8, 4) is 0 Å². The van der Waals surface area contributed by atoms with Crippen LogP contribution in [-0.4, -0.2) is 74.9 Å².